The minimum absolute atomic E-state index is 0.00709. The molecule has 30 heavy (non-hydrogen) atoms. The molecule has 7 nitrogen and oxygen atoms in total. The number of nitrogens with zero attached hydrogens (tertiary/aromatic N) is 3. The molecule has 0 bridgehead atoms. The summed E-state index contributed by atoms with van der Waals surface area (Å²) in [6.07, 6.45) is 4.03. The molecule has 0 saturated carbocycles. The number of nitrogens with one attached hydrogen (secondary N) is 1. The number of carbonyl (C=O) groups is 1. The van der Waals surface area contributed by atoms with E-state index in [2.05, 4.69) is 28.7 Å². The fourth-order valence-corrected chi connectivity index (χ4v) is 5.54. The fraction of sp³-hybridized carbons (Fsp3) is 0.619. The van der Waals surface area contributed by atoms with E-state index in [1.165, 1.54) is 16.1 Å². The molecule has 168 valence electrons. The van der Waals surface area contributed by atoms with Gasteiger partial charge in [-0.1, -0.05) is 52.3 Å². The third-order valence-corrected chi connectivity index (χ3v) is 7.97. The van der Waals surface area contributed by atoms with E-state index in [0.29, 0.717) is 30.9 Å². The maximum Gasteiger partial charge on any atom is 0.243 e. The molecule has 1 amide bonds. The van der Waals surface area contributed by atoms with Crippen molar-refractivity contribution in [2.24, 2.45) is 0 Å². The zero-order valence-electron chi connectivity index (χ0n) is 18.5. The summed E-state index contributed by atoms with van der Waals surface area (Å²) in [4.78, 5) is 17.0. The van der Waals surface area contributed by atoms with Crippen molar-refractivity contribution in [2.45, 2.75) is 70.0 Å². The van der Waals surface area contributed by atoms with Crippen LogP contribution in [0.15, 0.2) is 28.3 Å². The number of aryl methyl sites for hydroxylation is 1. The first-order valence-corrected chi connectivity index (χ1v) is 13.2. The summed E-state index contributed by atoms with van der Waals surface area (Å²) in [7, 11) is -3.54. The maximum absolute atomic E-state index is 12.9. The standard InChI is InChI=1S/C21H34N4O3S2/c1-5-9-13-22-20(26)16-29-21-23-18-15-17(30(27,28)24(7-3)8-4)11-12-19(18)25(21)14-10-6-2/h11-12,15H,5-10,13-14,16H2,1-4H3,(H,22,26). The summed E-state index contributed by atoms with van der Waals surface area (Å²) in [5, 5.41) is 3.67. The van der Waals surface area contributed by atoms with Gasteiger partial charge in [0.15, 0.2) is 5.16 Å². The zero-order chi connectivity index (χ0) is 22.1. The molecule has 0 atom stereocenters. The lowest BCUT2D eigenvalue weighted by Crippen LogP contribution is -2.30. The van der Waals surface area contributed by atoms with Gasteiger partial charge in [0.05, 0.1) is 21.7 Å². The molecule has 0 spiro atoms. The highest BCUT2D eigenvalue weighted by molar-refractivity contribution is 7.99. The number of hydrogen-bond donors (Lipinski definition) is 1. The SMILES string of the molecule is CCCCNC(=O)CSc1nc2cc(S(=O)(=O)N(CC)CC)ccc2n1CCCC. The molecule has 1 aromatic heterocycles. The summed E-state index contributed by atoms with van der Waals surface area (Å²) in [5.74, 6) is 0.288. The first-order valence-electron chi connectivity index (χ1n) is 10.8. The van der Waals surface area contributed by atoms with E-state index in [-0.39, 0.29) is 10.8 Å². The minimum Gasteiger partial charge on any atom is -0.355 e. The smallest absolute Gasteiger partial charge is 0.243 e. The molecule has 0 fully saturated rings. The Bertz CT molecular complexity index is 937. The third-order valence-electron chi connectivity index (χ3n) is 4.95. The normalized spacial score (nSPS) is 12.0. The van der Waals surface area contributed by atoms with Crippen LogP contribution in [0, 0.1) is 0 Å². The summed E-state index contributed by atoms with van der Waals surface area (Å²) in [5.41, 5.74) is 1.55. The lowest BCUT2D eigenvalue weighted by molar-refractivity contribution is -0.118. The topological polar surface area (TPSA) is 84.3 Å². The Hall–Kier alpha value is -1.58. The van der Waals surface area contributed by atoms with Gasteiger partial charge < -0.3 is 9.88 Å². The van der Waals surface area contributed by atoms with Gasteiger partial charge >= 0.3 is 0 Å². The Morgan fingerprint density at radius 2 is 1.83 bits per heavy atom. The lowest BCUT2D eigenvalue weighted by Gasteiger charge is -2.18. The van der Waals surface area contributed by atoms with Crippen LogP contribution in [0.25, 0.3) is 11.0 Å². The van der Waals surface area contributed by atoms with E-state index >= 15 is 0 Å². The number of unbranched alkanes of at least 4 members (excludes halogenated alkanes) is 2. The molecule has 1 aromatic carbocycles. The van der Waals surface area contributed by atoms with Crippen LogP contribution in [0.3, 0.4) is 0 Å². The number of imidazole rings is 1. The number of carbonyl (C=O) groups excluding carboxylic acids is 1. The van der Waals surface area contributed by atoms with Gasteiger partial charge in [-0.25, -0.2) is 13.4 Å². The van der Waals surface area contributed by atoms with Gasteiger partial charge in [-0.2, -0.15) is 4.31 Å². The highest BCUT2D eigenvalue weighted by Crippen LogP contribution is 2.27. The number of hydrogen-bond acceptors (Lipinski definition) is 5. The Morgan fingerprint density at radius 3 is 2.47 bits per heavy atom. The molecule has 2 aromatic rings. The monoisotopic (exact) mass is 454 g/mol. The van der Waals surface area contributed by atoms with Gasteiger partial charge in [0, 0.05) is 26.2 Å². The van der Waals surface area contributed by atoms with Crippen LogP contribution >= 0.6 is 11.8 Å². The summed E-state index contributed by atoms with van der Waals surface area (Å²) >= 11 is 1.40. The van der Waals surface area contributed by atoms with Crippen molar-refractivity contribution < 1.29 is 13.2 Å². The van der Waals surface area contributed by atoms with Gasteiger partial charge in [0.1, 0.15) is 0 Å². The van der Waals surface area contributed by atoms with Crippen molar-refractivity contribution in [1.29, 1.82) is 0 Å². The number of thioether (sulfide) groups is 1. The number of amides is 1. The largest absolute Gasteiger partial charge is 0.355 e. The third kappa shape index (κ3) is 5.98. The van der Waals surface area contributed by atoms with Crippen LogP contribution in [0.1, 0.15) is 53.4 Å². The predicted molar refractivity (Wildman–Crippen MR) is 123 cm³/mol. The molecule has 2 rings (SSSR count). The van der Waals surface area contributed by atoms with E-state index in [9.17, 15) is 13.2 Å². The van der Waals surface area contributed by atoms with Crippen LogP contribution in [0.4, 0.5) is 0 Å². The number of aromatic nitrogens is 2. The minimum atomic E-state index is -3.54. The van der Waals surface area contributed by atoms with Crippen LogP contribution in [-0.2, 0) is 21.4 Å². The quantitative estimate of drug-likeness (QED) is 0.367. The number of fused-ring (bicyclic) bond motifs is 1. The highest BCUT2D eigenvalue weighted by Gasteiger charge is 2.23. The molecule has 0 aliphatic carbocycles. The van der Waals surface area contributed by atoms with Crippen LogP contribution in [-0.4, -0.2) is 53.6 Å². The van der Waals surface area contributed by atoms with Crippen molar-refractivity contribution in [2.75, 3.05) is 25.4 Å². The Balaban J connectivity index is 2.32. The van der Waals surface area contributed by atoms with E-state index < -0.39 is 10.0 Å². The molecule has 0 aliphatic rings. The Morgan fingerprint density at radius 1 is 1.13 bits per heavy atom. The molecule has 0 unspecified atom stereocenters. The number of rotatable bonds is 13. The van der Waals surface area contributed by atoms with Crippen molar-refractivity contribution in [3.63, 3.8) is 0 Å². The molecular formula is C21H34N4O3S2. The van der Waals surface area contributed by atoms with Crippen LogP contribution in [0.5, 0.6) is 0 Å². The summed E-state index contributed by atoms with van der Waals surface area (Å²) in [6, 6.07) is 5.14. The van der Waals surface area contributed by atoms with Gasteiger partial charge in [-0.05, 0) is 31.0 Å². The van der Waals surface area contributed by atoms with Crippen molar-refractivity contribution in [3.8, 4) is 0 Å². The van der Waals surface area contributed by atoms with Crippen molar-refractivity contribution in [3.05, 3.63) is 18.2 Å². The van der Waals surface area contributed by atoms with Crippen molar-refractivity contribution >= 4 is 38.7 Å². The number of sulfonamides is 1. The second-order valence-electron chi connectivity index (χ2n) is 7.13. The first kappa shape index (κ1) is 24.7. The molecule has 1 N–H and O–H groups in total. The average molecular weight is 455 g/mol. The number of benzene rings is 1. The first-order chi connectivity index (χ1) is 14.4. The van der Waals surface area contributed by atoms with E-state index in [4.69, 9.17) is 0 Å². The Labute approximate surface area is 184 Å². The molecular weight excluding hydrogens is 420 g/mol. The molecule has 0 radical (unpaired) electrons. The second-order valence-corrected chi connectivity index (χ2v) is 10.0. The van der Waals surface area contributed by atoms with Gasteiger partial charge in [-0.15, -0.1) is 0 Å². The van der Waals surface area contributed by atoms with Crippen LogP contribution < -0.4 is 5.32 Å². The molecule has 9 heteroatoms. The summed E-state index contributed by atoms with van der Waals surface area (Å²) in [6.45, 7) is 10.2. The van der Waals surface area contributed by atoms with Gasteiger partial charge in [-0.3, -0.25) is 4.79 Å². The molecule has 0 aliphatic heterocycles. The second kappa shape index (κ2) is 11.7. The van der Waals surface area contributed by atoms with Gasteiger partial charge in [0.25, 0.3) is 0 Å². The predicted octanol–water partition coefficient (Wildman–Crippen LogP) is 3.88. The molecule has 1 heterocycles. The lowest BCUT2D eigenvalue weighted by atomic mass is 10.3. The van der Waals surface area contributed by atoms with E-state index in [0.717, 1.165) is 42.9 Å². The van der Waals surface area contributed by atoms with Crippen molar-refractivity contribution in [1.82, 2.24) is 19.2 Å². The maximum atomic E-state index is 12.9. The fourth-order valence-electron chi connectivity index (χ4n) is 3.19. The van der Waals surface area contributed by atoms with E-state index in [1.54, 1.807) is 12.1 Å². The highest BCUT2D eigenvalue weighted by atomic mass is 32.2. The zero-order valence-corrected chi connectivity index (χ0v) is 20.1. The van der Waals surface area contributed by atoms with Gasteiger partial charge in [0.2, 0.25) is 15.9 Å². The molecule has 0 saturated heterocycles. The van der Waals surface area contributed by atoms with E-state index in [1.807, 2.05) is 19.9 Å². The average Bonchev–Trinajstić information content (AvgIpc) is 3.08. The van der Waals surface area contributed by atoms with Crippen LogP contribution in [0.2, 0.25) is 0 Å². The summed E-state index contributed by atoms with van der Waals surface area (Å²) < 4.78 is 29.3. The Kier molecular flexibility index (Phi) is 9.64.